The molecule has 3 aromatic heterocycles. The van der Waals surface area contributed by atoms with E-state index in [4.69, 9.17) is 4.98 Å². The Morgan fingerprint density at radius 2 is 1.97 bits per heavy atom. The molecule has 7 heteroatoms. The number of fused-ring (bicyclic) bond motifs is 1. The number of nitrogens with one attached hydrogen (secondary N) is 1. The average molecular weight is 462 g/mol. The van der Waals surface area contributed by atoms with Crippen LogP contribution in [0.25, 0.3) is 5.65 Å². The van der Waals surface area contributed by atoms with Crippen LogP contribution in [0.4, 0.5) is 5.82 Å². The topological polar surface area (TPSA) is 79.6 Å². The quantitative estimate of drug-likeness (QED) is 0.479. The molecular formula is C27H35N5O2. The van der Waals surface area contributed by atoms with E-state index in [1.165, 1.54) is 25.7 Å². The Balaban J connectivity index is 1.51. The summed E-state index contributed by atoms with van der Waals surface area (Å²) in [5, 5.41) is 2.98. The Morgan fingerprint density at radius 3 is 2.68 bits per heavy atom. The number of amides is 2. The summed E-state index contributed by atoms with van der Waals surface area (Å²) in [5.74, 6) is 1.46. The number of anilines is 1. The Bertz CT molecular complexity index is 1120. The van der Waals surface area contributed by atoms with Crippen molar-refractivity contribution in [3.63, 3.8) is 0 Å². The fraction of sp³-hybridized carbons (Fsp3) is 0.481. The molecule has 7 nitrogen and oxygen atoms in total. The molecule has 1 N–H and O–H groups in total. The molecule has 0 aliphatic heterocycles. The van der Waals surface area contributed by atoms with Gasteiger partial charge in [0.25, 0.3) is 5.91 Å². The van der Waals surface area contributed by atoms with Crippen LogP contribution in [-0.2, 0) is 17.6 Å². The predicted octanol–water partition coefficient (Wildman–Crippen LogP) is 4.59. The second kappa shape index (κ2) is 11.3. The Kier molecular flexibility index (Phi) is 7.93. The highest BCUT2D eigenvalue weighted by molar-refractivity contribution is 5.95. The molecule has 0 atom stereocenters. The van der Waals surface area contributed by atoms with Crippen LogP contribution in [-0.4, -0.2) is 39.3 Å². The summed E-state index contributed by atoms with van der Waals surface area (Å²) in [6, 6.07) is 9.42. The standard InChI is InChI=1S/C27H35N5O2/c1-3-23-27(31(4-2)25(33)15-12-20-9-5-6-10-20)32-19-21(13-14-24(32)30-23)26(34)29-18-16-22-11-7-8-17-28-22/h7-8,11,13-14,17,19-20H,3-6,9-10,12,15-16,18H2,1-2H3,(H,29,34). The van der Waals surface area contributed by atoms with E-state index < -0.39 is 0 Å². The molecule has 1 saturated carbocycles. The first-order valence-electron chi connectivity index (χ1n) is 12.6. The molecule has 34 heavy (non-hydrogen) atoms. The lowest BCUT2D eigenvalue weighted by molar-refractivity contribution is -0.118. The molecule has 4 rings (SSSR count). The summed E-state index contributed by atoms with van der Waals surface area (Å²) in [6.45, 7) is 5.13. The number of pyridine rings is 2. The lowest BCUT2D eigenvalue weighted by Crippen LogP contribution is -2.32. The van der Waals surface area contributed by atoms with Gasteiger partial charge >= 0.3 is 0 Å². The predicted molar refractivity (Wildman–Crippen MR) is 134 cm³/mol. The van der Waals surface area contributed by atoms with Gasteiger partial charge in [-0.1, -0.05) is 38.7 Å². The monoisotopic (exact) mass is 461 g/mol. The normalized spacial score (nSPS) is 13.9. The highest BCUT2D eigenvalue weighted by Gasteiger charge is 2.24. The SMILES string of the molecule is CCc1nc2ccc(C(=O)NCCc3ccccn3)cn2c1N(CC)C(=O)CCC1CCCC1. The number of hydrogen-bond acceptors (Lipinski definition) is 4. The van der Waals surface area contributed by atoms with Gasteiger partial charge in [0, 0.05) is 44.0 Å². The maximum atomic E-state index is 13.2. The lowest BCUT2D eigenvalue weighted by atomic mass is 10.0. The molecule has 0 aromatic carbocycles. The van der Waals surface area contributed by atoms with Crippen molar-refractivity contribution in [1.82, 2.24) is 19.7 Å². The lowest BCUT2D eigenvalue weighted by Gasteiger charge is -2.22. The van der Waals surface area contributed by atoms with Gasteiger partial charge in [-0.2, -0.15) is 0 Å². The van der Waals surface area contributed by atoms with E-state index in [9.17, 15) is 9.59 Å². The second-order valence-electron chi connectivity index (χ2n) is 9.04. The number of aromatic nitrogens is 3. The van der Waals surface area contributed by atoms with Crippen molar-refractivity contribution in [3.8, 4) is 0 Å². The highest BCUT2D eigenvalue weighted by Crippen LogP contribution is 2.30. The first-order valence-corrected chi connectivity index (χ1v) is 12.6. The van der Waals surface area contributed by atoms with Crippen LogP contribution in [0.5, 0.6) is 0 Å². The third kappa shape index (κ3) is 5.46. The Morgan fingerprint density at radius 1 is 1.15 bits per heavy atom. The zero-order chi connectivity index (χ0) is 23.9. The summed E-state index contributed by atoms with van der Waals surface area (Å²) in [4.78, 5) is 37.0. The number of carbonyl (C=O) groups excluding carboxylic acids is 2. The summed E-state index contributed by atoms with van der Waals surface area (Å²) in [5.41, 5.74) is 3.12. The van der Waals surface area contributed by atoms with Gasteiger partial charge in [-0.3, -0.25) is 23.9 Å². The highest BCUT2D eigenvalue weighted by atomic mass is 16.2. The van der Waals surface area contributed by atoms with E-state index in [0.29, 0.717) is 37.4 Å². The number of imidazole rings is 1. The first kappa shape index (κ1) is 23.9. The van der Waals surface area contributed by atoms with Gasteiger partial charge in [0.1, 0.15) is 11.5 Å². The number of rotatable bonds is 10. The molecule has 1 aliphatic carbocycles. The third-order valence-electron chi connectivity index (χ3n) is 6.77. The second-order valence-corrected chi connectivity index (χ2v) is 9.04. The fourth-order valence-corrected chi connectivity index (χ4v) is 4.90. The van der Waals surface area contributed by atoms with E-state index in [-0.39, 0.29) is 11.8 Å². The summed E-state index contributed by atoms with van der Waals surface area (Å²) >= 11 is 0. The van der Waals surface area contributed by atoms with Gasteiger partial charge < -0.3 is 5.32 Å². The van der Waals surface area contributed by atoms with Gasteiger partial charge in [0.2, 0.25) is 5.91 Å². The van der Waals surface area contributed by atoms with Crippen LogP contribution in [0.1, 0.15) is 74.1 Å². The van der Waals surface area contributed by atoms with Gasteiger partial charge in [-0.05, 0) is 49.9 Å². The van der Waals surface area contributed by atoms with Crippen molar-refractivity contribution in [2.45, 2.75) is 65.2 Å². The number of carbonyl (C=O) groups is 2. The molecule has 180 valence electrons. The van der Waals surface area contributed by atoms with E-state index in [2.05, 4.69) is 10.3 Å². The van der Waals surface area contributed by atoms with Gasteiger partial charge in [-0.15, -0.1) is 0 Å². The summed E-state index contributed by atoms with van der Waals surface area (Å²) in [6.07, 6.45) is 11.5. The van der Waals surface area contributed by atoms with Crippen molar-refractivity contribution < 1.29 is 9.59 Å². The van der Waals surface area contributed by atoms with E-state index in [0.717, 1.165) is 35.7 Å². The van der Waals surface area contributed by atoms with E-state index in [1.807, 2.05) is 47.4 Å². The zero-order valence-corrected chi connectivity index (χ0v) is 20.3. The molecule has 3 heterocycles. The van der Waals surface area contributed by atoms with Crippen molar-refractivity contribution >= 4 is 23.3 Å². The van der Waals surface area contributed by atoms with Crippen LogP contribution < -0.4 is 10.2 Å². The molecule has 3 aromatic rings. The minimum Gasteiger partial charge on any atom is -0.352 e. The van der Waals surface area contributed by atoms with Crippen LogP contribution in [0.15, 0.2) is 42.7 Å². The first-order chi connectivity index (χ1) is 16.6. The maximum Gasteiger partial charge on any atom is 0.252 e. The van der Waals surface area contributed by atoms with Gasteiger partial charge in [-0.25, -0.2) is 4.98 Å². The molecular weight excluding hydrogens is 426 g/mol. The molecule has 0 bridgehead atoms. The van der Waals surface area contributed by atoms with Crippen LogP contribution >= 0.6 is 0 Å². The van der Waals surface area contributed by atoms with Gasteiger partial charge in [0.05, 0.1) is 11.3 Å². The number of nitrogens with zero attached hydrogens (tertiary/aromatic N) is 4. The van der Waals surface area contributed by atoms with Gasteiger partial charge in [0.15, 0.2) is 0 Å². The van der Waals surface area contributed by atoms with E-state index in [1.54, 1.807) is 18.5 Å². The largest absolute Gasteiger partial charge is 0.352 e. The molecule has 2 amide bonds. The van der Waals surface area contributed by atoms with Crippen LogP contribution in [0, 0.1) is 5.92 Å². The molecule has 0 spiro atoms. The molecule has 0 unspecified atom stereocenters. The fourth-order valence-electron chi connectivity index (χ4n) is 4.90. The average Bonchev–Trinajstić information content (AvgIpc) is 3.51. The van der Waals surface area contributed by atoms with Crippen molar-refractivity contribution in [2.75, 3.05) is 18.0 Å². The van der Waals surface area contributed by atoms with Crippen molar-refractivity contribution in [3.05, 3.63) is 59.7 Å². The molecule has 0 radical (unpaired) electrons. The zero-order valence-electron chi connectivity index (χ0n) is 20.3. The summed E-state index contributed by atoms with van der Waals surface area (Å²) in [7, 11) is 0. The third-order valence-corrected chi connectivity index (χ3v) is 6.77. The molecule has 0 saturated heterocycles. The summed E-state index contributed by atoms with van der Waals surface area (Å²) < 4.78 is 1.91. The van der Waals surface area contributed by atoms with E-state index >= 15 is 0 Å². The minimum atomic E-state index is -0.147. The molecule has 1 aliphatic rings. The van der Waals surface area contributed by atoms with Crippen LogP contribution in [0.2, 0.25) is 0 Å². The molecule has 1 fully saturated rings. The Labute approximate surface area is 201 Å². The number of hydrogen-bond donors (Lipinski definition) is 1. The minimum absolute atomic E-state index is 0.135. The number of aryl methyl sites for hydroxylation is 1. The smallest absolute Gasteiger partial charge is 0.252 e. The van der Waals surface area contributed by atoms with Crippen molar-refractivity contribution in [1.29, 1.82) is 0 Å². The Hall–Kier alpha value is -3.22. The van der Waals surface area contributed by atoms with Crippen molar-refractivity contribution in [2.24, 2.45) is 5.92 Å². The van der Waals surface area contributed by atoms with Crippen LogP contribution in [0.3, 0.4) is 0 Å². The maximum absolute atomic E-state index is 13.2.